The summed E-state index contributed by atoms with van der Waals surface area (Å²) in [6.07, 6.45) is 6.89. The smallest absolute Gasteiger partial charge is 0.00104 e. The summed E-state index contributed by atoms with van der Waals surface area (Å²) in [4.78, 5) is 0. The van der Waals surface area contributed by atoms with Crippen LogP contribution in [0.4, 0.5) is 0 Å². The molecular formula is C20H33N. The molecule has 1 saturated carbocycles. The standard InChI is InChI=1S/C20H33N/c1-5-17-10-11-19(14-21-15(2)3)20(12-17)13-18-8-6-16(4)7-9-18/h6-9,15,17,19-21H,5,10-14H2,1-4H3. The SMILES string of the molecule is CCC1CCC(CNC(C)C)C(Cc2ccc(C)cc2)C1. The predicted octanol–water partition coefficient (Wildman–Crippen LogP) is 4.98. The molecule has 0 amide bonds. The molecule has 0 saturated heterocycles. The maximum absolute atomic E-state index is 3.67. The molecule has 1 nitrogen and oxygen atoms in total. The lowest BCUT2D eigenvalue weighted by molar-refractivity contribution is 0.169. The summed E-state index contributed by atoms with van der Waals surface area (Å²) in [5.41, 5.74) is 2.89. The zero-order valence-corrected chi connectivity index (χ0v) is 14.4. The molecule has 0 radical (unpaired) electrons. The van der Waals surface area contributed by atoms with Gasteiger partial charge in [-0.25, -0.2) is 0 Å². The zero-order valence-electron chi connectivity index (χ0n) is 14.4. The van der Waals surface area contributed by atoms with E-state index in [-0.39, 0.29) is 0 Å². The Morgan fingerprint density at radius 1 is 1.10 bits per heavy atom. The van der Waals surface area contributed by atoms with Crippen molar-refractivity contribution < 1.29 is 0 Å². The molecule has 2 rings (SSSR count). The van der Waals surface area contributed by atoms with Gasteiger partial charge in [0.2, 0.25) is 0 Å². The van der Waals surface area contributed by atoms with Crippen LogP contribution >= 0.6 is 0 Å². The summed E-state index contributed by atoms with van der Waals surface area (Å²) in [6.45, 7) is 10.2. The van der Waals surface area contributed by atoms with Crippen molar-refractivity contribution in [3.8, 4) is 0 Å². The van der Waals surface area contributed by atoms with Gasteiger partial charge < -0.3 is 5.32 Å². The van der Waals surface area contributed by atoms with Crippen molar-refractivity contribution in [3.63, 3.8) is 0 Å². The maximum atomic E-state index is 3.67. The van der Waals surface area contributed by atoms with E-state index < -0.39 is 0 Å². The minimum Gasteiger partial charge on any atom is -0.314 e. The minimum atomic E-state index is 0.605. The molecular weight excluding hydrogens is 254 g/mol. The van der Waals surface area contributed by atoms with Crippen molar-refractivity contribution in [2.24, 2.45) is 17.8 Å². The third kappa shape index (κ3) is 5.14. The largest absolute Gasteiger partial charge is 0.314 e. The Balaban J connectivity index is 2.00. The summed E-state index contributed by atoms with van der Waals surface area (Å²) in [7, 11) is 0. The molecule has 1 aliphatic carbocycles. The molecule has 3 unspecified atom stereocenters. The van der Waals surface area contributed by atoms with Crippen LogP contribution in [-0.4, -0.2) is 12.6 Å². The summed E-state index contributed by atoms with van der Waals surface area (Å²) < 4.78 is 0. The van der Waals surface area contributed by atoms with Gasteiger partial charge >= 0.3 is 0 Å². The molecule has 0 aromatic heterocycles. The van der Waals surface area contributed by atoms with E-state index in [0.717, 1.165) is 17.8 Å². The van der Waals surface area contributed by atoms with Gasteiger partial charge in [0.15, 0.2) is 0 Å². The Morgan fingerprint density at radius 3 is 2.43 bits per heavy atom. The average Bonchev–Trinajstić information content (AvgIpc) is 2.48. The van der Waals surface area contributed by atoms with Crippen molar-refractivity contribution in [3.05, 3.63) is 35.4 Å². The van der Waals surface area contributed by atoms with Gasteiger partial charge in [0, 0.05) is 6.04 Å². The first-order valence-corrected chi connectivity index (χ1v) is 8.87. The van der Waals surface area contributed by atoms with E-state index in [4.69, 9.17) is 0 Å². The summed E-state index contributed by atoms with van der Waals surface area (Å²) in [5, 5.41) is 3.67. The topological polar surface area (TPSA) is 12.0 Å². The highest BCUT2D eigenvalue weighted by Gasteiger charge is 2.29. The Kier molecular flexibility index (Phi) is 6.29. The fourth-order valence-corrected chi connectivity index (χ4v) is 3.73. The molecule has 3 atom stereocenters. The van der Waals surface area contributed by atoms with Crippen LogP contribution in [-0.2, 0) is 6.42 Å². The van der Waals surface area contributed by atoms with E-state index in [1.807, 2.05) is 0 Å². The van der Waals surface area contributed by atoms with Crippen LogP contribution in [0.1, 0.15) is 57.6 Å². The zero-order chi connectivity index (χ0) is 15.2. The monoisotopic (exact) mass is 287 g/mol. The molecule has 1 N–H and O–H groups in total. The Morgan fingerprint density at radius 2 is 1.81 bits per heavy atom. The molecule has 21 heavy (non-hydrogen) atoms. The molecule has 0 bridgehead atoms. The van der Waals surface area contributed by atoms with Crippen LogP contribution in [0.3, 0.4) is 0 Å². The van der Waals surface area contributed by atoms with Crippen LogP contribution in [0.5, 0.6) is 0 Å². The normalized spacial score (nSPS) is 26.2. The lowest BCUT2D eigenvalue weighted by Crippen LogP contribution is -2.36. The van der Waals surface area contributed by atoms with Crippen LogP contribution in [0.2, 0.25) is 0 Å². The van der Waals surface area contributed by atoms with E-state index in [9.17, 15) is 0 Å². The lowest BCUT2D eigenvalue weighted by Gasteiger charge is -2.37. The number of hydrogen-bond acceptors (Lipinski definition) is 1. The van der Waals surface area contributed by atoms with Gasteiger partial charge in [-0.1, -0.05) is 63.4 Å². The fraction of sp³-hybridized carbons (Fsp3) is 0.700. The highest BCUT2D eigenvalue weighted by molar-refractivity contribution is 5.21. The van der Waals surface area contributed by atoms with Crippen LogP contribution in [0, 0.1) is 24.7 Å². The van der Waals surface area contributed by atoms with Crippen LogP contribution < -0.4 is 5.32 Å². The number of benzene rings is 1. The van der Waals surface area contributed by atoms with E-state index in [1.165, 1.54) is 49.8 Å². The molecule has 1 aromatic rings. The number of rotatable bonds is 6. The number of nitrogens with one attached hydrogen (secondary N) is 1. The minimum absolute atomic E-state index is 0.605. The lowest BCUT2D eigenvalue weighted by atomic mass is 9.71. The summed E-state index contributed by atoms with van der Waals surface area (Å²) in [5.74, 6) is 2.67. The Labute approximate surface area is 131 Å². The summed E-state index contributed by atoms with van der Waals surface area (Å²) in [6, 6.07) is 9.79. The third-order valence-corrected chi connectivity index (χ3v) is 5.23. The van der Waals surface area contributed by atoms with E-state index in [0.29, 0.717) is 6.04 Å². The summed E-state index contributed by atoms with van der Waals surface area (Å²) >= 11 is 0. The molecule has 1 fully saturated rings. The van der Waals surface area contributed by atoms with Crippen molar-refractivity contribution in [2.75, 3.05) is 6.54 Å². The second-order valence-corrected chi connectivity index (χ2v) is 7.36. The first-order chi connectivity index (χ1) is 10.1. The Bertz CT molecular complexity index is 406. The van der Waals surface area contributed by atoms with Crippen molar-refractivity contribution >= 4 is 0 Å². The highest BCUT2D eigenvalue weighted by atomic mass is 14.9. The van der Waals surface area contributed by atoms with Gasteiger partial charge in [0.1, 0.15) is 0 Å². The first kappa shape index (κ1) is 16.5. The second-order valence-electron chi connectivity index (χ2n) is 7.36. The Hall–Kier alpha value is -0.820. The quantitative estimate of drug-likeness (QED) is 0.778. The van der Waals surface area contributed by atoms with Gasteiger partial charge in [0.05, 0.1) is 0 Å². The molecule has 1 heteroatoms. The van der Waals surface area contributed by atoms with Gasteiger partial charge in [-0.2, -0.15) is 0 Å². The van der Waals surface area contributed by atoms with Crippen molar-refractivity contribution in [1.29, 1.82) is 0 Å². The van der Waals surface area contributed by atoms with E-state index >= 15 is 0 Å². The van der Waals surface area contributed by atoms with E-state index in [1.54, 1.807) is 0 Å². The third-order valence-electron chi connectivity index (χ3n) is 5.23. The molecule has 1 aliphatic rings. The van der Waals surface area contributed by atoms with Crippen molar-refractivity contribution in [2.45, 2.75) is 65.8 Å². The van der Waals surface area contributed by atoms with Gasteiger partial charge in [-0.3, -0.25) is 0 Å². The van der Waals surface area contributed by atoms with Crippen LogP contribution in [0.15, 0.2) is 24.3 Å². The highest BCUT2D eigenvalue weighted by Crippen LogP contribution is 2.37. The molecule has 0 aliphatic heterocycles. The fourth-order valence-electron chi connectivity index (χ4n) is 3.73. The van der Waals surface area contributed by atoms with Crippen LogP contribution in [0.25, 0.3) is 0 Å². The molecule has 0 heterocycles. The first-order valence-electron chi connectivity index (χ1n) is 8.87. The average molecular weight is 287 g/mol. The second kappa shape index (κ2) is 7.98. The maximum Gasteiger partial charge on any atom is 0.00104 e. The molecule has 118 valence electrons. The van der Waals surface area contributed by atoms with Gasteiger partial charge in [-0.05, 0) is 56.0 Å². The molecule has 0 spiro atoms. The van der Waals surface area contributed by atoms with Crippen molar-refractivity contribution in [1.82, 2.24) is 5.32 Å². The molecule has 1 aromatic carbocycles. The van der Waals surface area contributed by atoms with E-state index in [2.05, 4.69) is 57.3 Å². The number of aryl methyl sites for hydroxylation is 1. The predicted molar refractivity (Wildman–Crippen MR) is 92.6 cm³/mol. The number of hydrogen-bond donors (Lipinski definition) is 1. The van der Waals surface area contributed by atoms with Gasteiger partial charge in [-0.15, -0.1) is 0 Å². The van der Waals surface area contributed by atoms with Gasteiger partial charge in [0.25, 0.3) is 0 Å².